The molecule has 1 aliphatic rings. The fraction of sp³-hybridized carbons (Fsp3) is 0.154. The molecule has 0 spiro atoms. The van der Waals surface area contributed by atoms with Gasteiger partial charge in [-0.3, -0.25) is 19.9 Å². The summed E-state index contributed by atoms with van der Waals surface area (Å²) in [7, 11) is 3.90. The van der Waals surface area contributed by atoms with Crippen molar-refractivity contribution in [2.75, 3.05) is 26.0 Å². The molecule has 1 amide bonds. The smallest absolute Gasteiger partial charge is 0.269 e. The fourth-order valence-corrected chi connectivity index (χ4v) is 4.22. The van der Waals surface area contributed by atoms with Crippen LogP contribution >= 0.6 is 11.6 Å². The minimum Gasteiger partial charge on any atom is -0.325 e. The molecule has 0 bridgehead atoms. The Balaban J connectivity index is 1.75. The second-order valence-electron chi connectivity index (χ2n) is 8.23. The molecule has 3 aromatic rings. The number of nitro benzene ring substituents is 1. The zero-order chi connectivity index (χ0) is 24.2. The number of nitrogens with zero attached hydrogens (tertiary/aromatic N) is 3. The molecule has 1 unspecified atom stereocenters. The Labute approximate surface area is 202 Å². The van der Waals surface area contributed by atoms with E-state index in [0.29, 0.717) is 34.2 Å². The Morgan fingerprint density at radius 2 is 1.82 bits per heavy atom. The topological polar surface area (TPSA) is 87.8 Å². The Hall–Kier alpha value is -3.81. The van der Waals surface area contributed by atoms with Gasteiger partial charge < -0.3 is 10.2 Å². The van der Waals surface area contributed by atoms with Crippen LogP contribution in [0.3, 0.4) is 0 Å². The van der Waals surface area contributed by atoms with E-state index in [1.807, 2.05) is 79.7 Å². The molecule has 34 heavy (non-hydrogen) atoms. The maximum atomic E-state index is 13.0. The second kappa shape index (κ2) is 9.99. The van der Waals surface area contributed by atoms with Gasteiger partial charge in [0, 0.05) is 35.0 Å². The number of nitrogens with one attached hydrogen (secondary N) is 1. The number of halogens is 1. The van der Waals surface area contributed by atoms with Crippen molar-refractivity contribution < 1.29 is 9.72 Å². The van der Waals surface area contributed by atoms with Crippen LogP contribution in [0.25, 0.3) is 6.08 Å². The molecule has 0 aromatic heterocycles. The van der Waals surface area contributed by atoms with E-state index in [-0.39, 0.29) is 11.6 Å². The van der Waals surface area contributed by atoms with Crippen LogP contribution in [0.2, 0.25) is 0 Å². The summed E-state index contributed by atoms with van der Waals surface area (Å²) in [5, 5.41) is 14.9. The highest BCUT2D eigenvalue weighted by Crippen LogP contribution is 2.38. The van der Waals surface area contributed by atoms with Gasteiger partial charge in [0.05, 0.1) is 16.3 Å². The zero-order valence-corrected chi connectivity index (χ0v) is 19.5. The number of fused-ring (bicyclic) bond motifs is 1. The molecule has 1 aliphatic heterocycles. The molecular formula is C26H23ClN4O3. The summed E-state index contributed by atoms with van der Waals surface area (Å²) in [5.41, 5.74) is 3.90. The number of hydrogen-bond acceptors (Lipinski definition) is 5. The molecule has 0 aliphatic carbocycles. The largest absolute Gasteiger partial charge is 0.325 e. The number of non-ortho nitro benzene ring substituents is 1. The van der Waals surface area contributed by atoms with Crippen molar-refractivity contribution in [3.8, 4) is 0 Å². The van der Waals surface area contributed by atoms with Gasteiger partial charge in [-0.2, -0.15) is 0 Å². The molecule has 8 heteroatoms. The lowest BCUT2D eigenvalue weighted by atomic mass is 9.90. The third-order valence-electron chi connectivity index (χ3n) is 5.35. The Morgan fingerprint density at radius 1 is 1.12 bits per heavy atom. The number of carbonyl (C=O) groups excluding carboxylic acids is 1. The summed E-state index contributed by atoms with van der Waals surface area (Å²) in [5.74, 6) is -1.04. The SMILES string of the molecule is CN(C)CC(Cl)=Cc1ccc(N=C(c2ccccc2)C2C(=O)Nc3ccc([N+](=O)[O-])cc32)cc1. The van der Waals surface area contributed by atoms with Crippen molar-refractivity contribution in [1.82, 2.24) is 4.90 Å². The summed E-state index contributed by atoms with van der Waals surface area (Å²) in [4.78, 5) is 30.7. The van der Waals surface area contributed by atoms with E-state index in [4.69, 9.17) is 16.6 Å². The predicted octanol–water partition coefficient (Wildman–Crippen LogP) is 5.59. The van der Waals surface area contributed by atoms with Gasteiger partial charge in [-0.1, -0.05) is 54.1 Å². The summed E-state index contributed by atoms with van der Waals surface area (Å²) in [6.07, 6.45) is 1.90. The highest BCUT2D eigenvalue weighted by molar-refractivity contribution is 6.31. The van der Waals surface area contributed by atoms with E-state index in [2.05, 4.69) is 5.32 Å². The first-order valence-electron chi connectivity index (χ1n) is 10.7. The minimum atomic E-state index is -0.772. The van der Waals surface area contributed by atoms with Crippen LogP contribution < -0.4 is 5.32 Å². The fourth-order valence-electron chi connectivity index (χ4n) is 3.85. The molecule has 0 saturated heterocycles. The number of benzene rings is 3. The van der Waals surface area contributed by atoms with Crippen LogP contribution in [0, 0.1) is 10.1 Å². The Kier molecular flexibility index (Phi) is 6.86. The van der Waals surface area contributed by atoms with E-state index in [1.165, 1.54) is 12.1 Å². The van der Waals surface area contributed by atoms with Crippen LogP contribution in [0.4, 0.5) is 17.1 Å². The van der Waals surface area contributed by atoms with Crippen molar-refractivity contribution in [2.45, 2.75) is 5.92 Å². The monoisotopic (exact) mass is 474 g/mol. The van der Waals surface area contributed by atoms with Crippen LogP contribution in [0.15, 0.2) is 82.8 Å². The molecule has 1 heterocycles. The zero-order valence-electron chi connectivity index (χ0n) is 18.7. The van der Waals surface area contributed by atoms with E-state index >= 15 is 0 Å². The van der Waals surface area contributed by atoms with Gasteiger partial charge in [-0.05, 0) is 49.5 Å². The molecule has 4 rings (SSSR count). The first-order valence-corrected chi connectivity index (χ1v) is 11.0. The van der Waals surface area contributed by atoms with Crippen molar-refractivity contribution in [1.29, 1.82) is 0 Å². The Morgan fingerprint density at radius 3 is 2.47 bits per heavy atom. The van der Waals surface area contributed by atoms with Crippen molar-refractivity contribution in [3.63, 3.8) is 0 Å². The van der Waals surface area contributed by atoms with Crippen LogP contribution in [0.5, 0.6) is 0 Å². The van der Waals surface area contributed by atoms with E-state index < -0.39 is 10.8 Å². The van der Waals surface area contributed by atoms with Gasteiger partial charge >= 0.3 is 0 Å². The van der Waals surface area contributed by atoms with E-state index in [0.717, 1.165) is 11.1 Å². The summed E-state index contributed by atoms with van der Waals surface area (Å²) in [6.45, 7) is 0.641. The number of nitro groups is 1. The van der Waals surface area contributed by atoms with Gasteiger partial charge in [-0.25, -0.2) is 0 Å². The van der Waals surface area contributed by atoms with Crippen molar-refractivity contribution >= 4 is 46.4 Å². The molecule has 0 fully saturated rings. The first-order chi connectivity index (χ1) is 16.3. The standard InChI is InChI=1S/C26H23ClN4O3/c1-30(2)16-19(27)14-17-8-10-20(11-9-17)28-25(18-6-4-3-5-7-18)24-22-15-21(31(33)34)12-13-23(22)29-26(24)32/h3-15,24H,16H2,1-2H3,(H,29,32). The highest BCUT2D eigenvalue weighted by Gasteiger charge is 2.36. The normalized spacial score (nSPS) is 15.9. The quantitative estimate of drug-likeness (QED) is 0.274. The van der Waals surface area contributed by atoms with E-state index in [1.54, 1.807) is 6.07 Å². The highest BCUT2D eigenvalue weighted by atomic mass is 35.5. The number of hydrogen-bond donors (Lipinski definition) is 1. The maximum absolute atomic E-state index is 13.0. The number of carbonyl (C=O) groups is 1. The van der Waals surface area contributed by atoms with Gasteiger partial charge in [0.2, 0.25) is 5.91 Å². The lowest BCUT2D eigenvalue weighted by Crippen LogP contribution is -2.22. The lowest BCUT2D eigenvalue weighted by molar-refractivity contribution is -0.384. The Bertz CT molecular complexity index is 1290. The lowest BCUT2D eigenvalue weighted by Gasteiger charge is -2.14. The molecule has 0 radical (unpaired) electrons. The molecule has 172 valence electrons. The number of amides is 1. The molecule has 3 aromatic carbocycles. The average Bonchev–Trinajstić information content (AvgIpc) is 3.13. The summed E-state index contributed by atoms with van der Waals surface area (Å²) in [6, 6.07) is 21.3. The van der Waals surface area contributed by atoms with Crippen molar-refractivity contribution in [2.24, 2.45) is 4.99 Å². The third-order valence-corrected chi connectivity index (χ3v) is 5.58. The first kappa shape index (κ1) is 23.4. The van der Waals surface area contributed by atoms with Crippen LogP contribution in [-0.2, 0) is 4.79 Å². The third kappa shape index (κ3) is 5.22. The predicted molar refractivity (Wildman–Crippen MR) is 136 cm³/mol. The molecule has 1 atom stereocenters. The number of likely N-dealkylation sites (N-methyl/N-ethyl adjacent to an activating group) is 1. The summed E-state index contributed by atoms with van der Waals surface area (Å²) < 4.78 is 0. The summed E-state index contributed by atoms with van der Waals surface area (Å²) >= 11 is 6.30. The molecule has 0 saturated carbocycles. The average molecular weight is 475 g/mol. The van der Waals surface area contributed by atoms with Gasteiger partial charge in [0.1, 0.15) is 5.92 Å². The molecular weight excluding hydrogens is 452 g/mol. The maximum Gasteiger partial charge on any atom is 0.269 e. The second-order valence-corrected chi connectivity index (χ2v) is 8.72. The molecule has 7 nitrogen and oxygen atoms in total. The minimum absolute atomic E-state index is 0.0709. The number of aliphatic imine (C=N–C) groups is 1. The molecule has 1 N–H and O–H groups in total. The number of anilines is 1. The van der Waals surface area contributed by atoms with Crippen LogP contribution in [-0.4, -0.2) is 42.1 Å². The van der Waals surface area contributed by atoms with Gasteiger partial charge in [0.15, 0.2) is 0 Å². The van der Waals surface area contributed by atoms with Crippen molar-refractivity contribution in [3.05, 3.63) is 105 Å². The van der Waals surface area contributed by atoms with Gasteiger partial charge in [0.25, 0.3) is 5.69 Å². The number of rotatable bonds is 7. The van der Waals surface area contributed by atoms with Gasteiger partial charge in [-0.15, -0.1) is 0 Å². The van der Waals surface area contributed by atoms with Crippen LogP contribution in [0.1, 0.15) is 22.6 Å². The van der Waals surface area contributed by atoms with E-state index in [9.17, 15) is 14.9 Å².